The molecule has 1 unspecified atom stereocenters. The van der Waals surface area contributed by atoms with Gasteiger partial charge in [0.1, 0.15) is 6.10 Å². The molecule has 1 atom stereocenters. The molecule has 0 bridgehead atoms. The topological polar surface area (TPSA) is 63.3 Å². The average molecular weight is 157 g/mol. The molecule has 0 aliphatic carbocycles. The normalized spacial score (nSPS) is 14.8. The molecular formula is C4H6F3NO2. The number of aliphatic hydroxyl groups is 1. The summed E-state index contributed by atoms with van der Waals surface area (Å²) in [6.45, 7) is 0. The fourth-order valence-corrected chi connectivity index (χ4v) is 0.320. The molecule has 0 aromatic carbocycles. The van der Waals surface area contributed by atoms with Crippen LogP contribution in [0.25, 0.3) is 0 Å². The Kier molecular flexibility index (Phi) is 2.65. The van der Waals surface area contributed by atoms with Gasteiger partial charge < -0.3 is 10.8 Å². The largest absolute Gasteiger partial charge is 0.392 e. The zero-order valence-electron chi connectivity index (χ0n) is 4.85. The molecule has 1 amide bonds. The number of halogens is 3. The molecule has 6 heteroatoms. The van der Waals surface area contributed by atoms with Crippen LogP contribution in [0.3, 0.4) is 0 Å². The second-order valence-corrected chi connectivity index (χ2v) is 1.74. The van der Waals surface area contributed by atoms with Crippen molar-refractivity contribution >= 4 is 5.91 Å². The molecular weight excluding hydrogens is 151 g/mol. The van der Waals surface area contributed by atoms with E-state index in [9.17, 15) is 18.0 Å². The maximum Gasteiger partial charge on any atom is 0.392 e. The number of hydrogen-bond acceptors (Lipinski definition) is 2. The highest BCUT2D eigenvalue weighted by molar-refractivity contribution is 5.78. The van der Waals surface area contributed by atoms with Gasteiger partial charge in [0.2, 0.25) is 5.91 Å². The summed E-state index contributed by atoms with van der Waals surface area (Å²) in [5.41, 5.74) is 4.35. The van der Waals surface area contributed by atoms with E-state index in [-0.39, 0.29) is 0 Å². The fraction of sp³-hybridized carbons (Fsp3) is 0.750. The van der Waals surface area contributed by atoms with Gasteiger partial charge in [0.15, 0.2) is 0 Å². The van der Waals surface area contributed by atoms with Crippen LogP contribution < -0.4 is 5.73 Å². The van der Waals surface area contributed by atoms with Gasteiger partial charge in [-0.2, -0.15) is 13.2 Å². The van der Waals surface area contributed by atoms with Crippen LogP contribution in [0.15, 0.2) is 0 Å². The first kappa shape index (κ1) is 9.22. The summed E-state index contributed by atoms with van der Waals surface area (Å²) in [7, 11) is 0. The molecule has 0 heterocycles. The van der Waals surface area contributed by atoms with E-state index in [1.807, 2.05) is 0 Å². The number of aliphatic hydroxyl groups excluding tert-OH is 1. The van der Waals surface area contributed by atoms with Gasteiger partial charge >= 0.3 is 6.18 Å². The molecule has 60 valence electrons. The molecule has 0 spiro atoms. The van der Waals surface area contributed by atoms with Crippen LogP contribution >= 0.6 is 0 Å². The molecule has 0 saturated carbocycles. The molecule has 0 radical (unpaired) electrons. The molecule has 0 aromatic heterocycles. The van der Waals surface area contributed by atoms with E-state index in [0.29, 0.717) is 0 Å². The summed E-state index contributed by atoms with van der Waals surface area (Å²) in [5.74, 6) is -1.36. The van der Waals surface area contributed by atoms with Crippen molar-refractivity contribution in [3.8, 4) is 0 Å². The van der Waals surface area contributed by atoms with Crippen LogP contribution in [0.4, 0.5) is 13.2 Å². The van der Waals surface area contributed by atoms with Crippen LogP contribution in [0.2, 0.25) is 0 Å². The van der Waals surface area contributed by atoms with Gasteiger partial charge in [-0.3, -0.25) is 4.79 Å². The van der Waals surface area contributed by atoms with E-state index in [0.717, 1.165) is 0 Å². The predicted octanol–water partition coefficient (Wildman–Crippen LogP) is -0.215. The summed E-state index contributed by atoms with van der Waals surface area (Å²) in [6.07, 6.45) is -8.25. The van der Waals surface area contributed by atoms with Gasteiger partial charge in [-0.1, -0.05) is 0 Å². The molecule has 0 rings (SSSR count). The maximum absolute atomic E-state index is 11.3. The lowest BCUT2D eigenvalue weighted by atomic mass is 10.2. The van der Waals surface area contributed by atoms with Crippen molar-refractivity contribution in [2.45, 2.75) is 18.7 Å². The molecule has 10 heavy (non-hydrogen) atoms. The minimum absolute atomic E-state index is 1.36. The number of nitrogens with two attached hydrogens (primary N) is 1. The van der Waals surface area contributed by atoms with Gasteiger partial charge in [0.05, 0.1) is 6.42 Å². The second-order valence-electron chi connectivity index (χ2n) is 1.74. The van der Waals surface area contributed by atoms with Crippen LogP contribution in [0.5, 0.6) is 0 Å². The molecule has 0 aliphatic heterocycles. The van der Waals surface area contributed by atoms with E-state index in [2.05, 4.69) is 5.73 Å². The van der Waals surface area contributed by atoms with Crippen molar-refractivity contribution < 1.29 is 23.1 Å². The quantitative estimate of drug-likeness (QED) is 0.582. The van der Waals surface area contributed by atoms with Gasteiger partial charge in [-0.15, -0.1) is 0 Å². The monoisotopic (exact) mass is 157 g/mol. The highest BCUT2D eigenvalue weighted by atomic mass is 19.4. The molecule has 0 fully saturated rings. The summed E-state index contributed by atoms with van der Waals surface area (Å²) < 4.78 is 33.9. The van der Waals surface area contributed by atoms with E-state index in [1.54, 1.807) is 0 Å². The molecule has 0 aromatic rings. The highest BCUT2D eigenvalue weighted by Gasteiger charge is 2.33. The van der Waals surface area contributed by atoms with Gasteiger partial charge in [-0.25, -0.2) is 0 Å². The Balaban J connectivity index is 3.80. The molecule has 0 saturated heterocycles. The molecule has 3 N–H and O–H groups in total. The summed E-state index contributed by atoms with van der Waals surface area (Å²) >= 11 is 0. The average Bonchev–Trinajstić information content (AvgIpc) is 1.60. The number of amides is 1. The number of carbonyl (C=O) groups excluding carboxylic acids is 1. The third-order valence-corrected chi connectivity index (χ3v) is 0.753. The third-order valence-electron chi connectivity index (χ3n) is 0.753. The van der Waals surface area contributed by atoms with Crippen LogP contribution in [0, 0.1) is 0 Å². The van der Waals surface area contributed by atoms with Gasteiger partial charge in [0, 0.05) is 0 Å². The van der Waals surface area contributed by atoms with Crippen molar-refractivity contribution in [2.75, 3.05) is 0 Å². The smallest absolute Gasteiger partial charge is 0.383 e. The van der Waals surface area contributed by atoms with Crippen molar-refractivity contribution in [2.24, 2.45) is 5.73 Å². The summed E-state index contributed by atoms with van der Waals surface area (Å²) in [5, 5.41) is 8.27. The lowest BCUT2D eigenvalue weighted by molar-refractivity contribution is -0.161. The Hall–Kier alpha value is -0.780. The second kappa shape index (κ2) is 2.87. The number of hydrogen-bond donors (Lipinski definition) is 2. The summed E-state index contributed by atoms with van der Waals surface area (Å²) in [6, 6.07) is 0. The first-order valence-electron chi connectivity index (χ1n) is 2.37. The predicted molar refractivity (Wildman–Crippen MR) is 25.9 cm³/mol. The van der Waals surface area contributed by atoms with Crippen molar-refractivity contribution in [3.05, 3.63) is 0 Å². The first-order valence-corrected chi connectivity index (χ1v) is 2.37. The lowest BCUT2D eigenvalue weighted by Crippen LogP contribution is -2.32. The summed E-state index contributed by atoms with van der Waals surface area (Å²) in [4.78, 5) is 9.85. The Morgan fingerprint density at radius 2 is 2.00 bits per heavy atom. The van der Waals surface area contributed by atoms with Gasteiger partial charge in [-0.05, 0) is 0 Å². The van der Waals surface area contributed by atoms with Crippen molar-refractivity contribution in [1.29, 1.82) is 0 Å². The number of primary amides is 1. The lowest BCUT2D eigenvalue weighted by Gasteiger charge is -2.08. The van der Waals surface area contributed by atoms with Crippen molar-refractivity contribution in [1.82, 2.24) is 0 Å². The molecule has 0 aliphatic rings. The van der Waals surface area contributed by atoms with Crippen LogP contribution in [-0.4, -0.2) is 23.3 Å². The van der Waals surface area contributed by atoms with Crippen LogP contribution in [-0.2, 0) is 4.79 Å². The standard InChI is InChI=1S/C4H6F3NO2/c5-4(6,7)1-2(9)3(8)10/h2,9H,1H2,(H2,8,10). The van der Waals surface area contributed by atoms with E-state index >= 15 is 0 Å². The Bertz CT molecular complexity index is 133. The third kappa shape index (κ3) is 4.13. The SMILES string of the molecule is NC(=O)C(O)CC(F)(F)F. The number of carbonyl (C=O) groups is 1. The fourth-order valence-electron chi connectivity index (χ4n) is 0.320. The van der Waals surface area contributed by atoms with Crippen LogP contribution in [0.1, 0.15) is 6.42 Å². The highest BCUT2D eigenvalue weighted by Crippen LogP contribution is 2.20. The molecule has 3 nitrogen and oxygen atoms in total. The zero-order valence-corrected chi connectivity index (χ0v) is 4.85. The Morgan fingerprint density at radius 1 is 1.60 bits per heavy atom. The van der Waals surface area contributed by atoms with E-state index in [4.69, 9.17) is 5.11 Å². The Morgan fingerprint density at radius 3 is 2.10 bits per heavy atom. The minimum atomic E-state index is -4.55. The maximum atomic E-state index is 11.3. The number of alkyl halides is 3. The van der Waals surface area contributed by atoms with E-state index < -0.39 is 24.6 Å². The van der Waals surface area contributed by atoms with Gasteiger partial charge in [0.25, 0.3) is 0 Å². The minimum Gasteiger partial charge on any atom is -0.383 e. The number of rotatable bonds is 2. The zero-order chi connectivity index (χ0) is 8.36. The Labute approximate surface area is 54.6 Å². The van der Waals surface area contributed by atoms with E-state index in [1.165, 1.54) is 0 Å². The first-order chi connectivity index (χ1) is 4.33. The van der Waals surface area contributed by atoms with Crippen molar-refractivity contribution in [3.63, 3.8) is 0 Å².